The Morgan fingerprint density at radius 1 is 1.05 bits per heavy atom. The number of imidazole rings is 1. The summed E-state index contributed by atoms with van der Waals surface area (Å²) < 4.78 is 6.47. The molecule has 2 aromatic carbocycles. The highest BCUT2D eigenvalue weighted by Crippen LogP contribution is 2.34. The molecule has 0 saturated carbocycles. The summed E-state index contributed by atoms with van der Waals surface area (Å²) in [7, 11) is 0. The van der Waals surface area contributed by atoms with E-state index in [1.807, 2.05) is 6.07 Å². The van der Waals surface area contributed by atoms with Gasteiger partial charge in [-0.3, -0.25) is 14.2 Å². The van der Waals surface area contributed by atoms with Gasteiger partial charge in [0.2, 0.25) is 5.62 Å². The lowest BCUT2D eigenvalue weighted by molar-refractivity contribution is -0.267. The fourth-order valence-corrected chi connectivity index (χ4v) is 4.87. The quantitative estimate of drug-likeness (QED) is 0.260. The number of fused-ring (bicyclic) bond motifs is 1. The van der Waals surface area contributed by atoms with Crippen molar-refractivity contribution in [2.24, 2.45) is 4.99 Å². The number of rotatable bonds is 4. The lowest BCUT2D eigenvalue weighted by Gasteiger charge is -2.36. The number of amides is 1. The summed E-state index contributed by atoms with van der Waals surface area (Å²) in [6.07, 6.45) is -6.96. The lowest BCUT2D eigenvalue weighted by atomic mass is 9.95. The largest absolute Gasteiger partial charge is 0.387 e. The zero-order chi connectivity index (χ0) is 27.1. The summed E-state index contributed by atoms with van der Waals surface area (Å²) in [4.78, 5) is 34.5. The summed E-state index contributed by atoms with van der Waals surface area (Å²) in [5.74, 6) is -0.474. The average molecular weight is 541 g/mol. The number of hydrogen-bond acceptors (Lipinski definition) is 8. The number of benzene rings is 2. The molecule has 3 aromatic rings. The highest BCUT2D eigenvalue weighted by Gasteiger charge is 2.42. The Labute approximate surface area is 220 Å². The maximum atomic E-state index is 13.7. The van der Waals surface area contributed by atoms with Gasteiger partial charge < -0.3 is 35.5 Å². The van der Waals surface area contributed by atoms with Crippen LogP contribution < -0.4 is 21.8 Å². The smallest absolute Gasteiger partial charge is 0.277 e. The molecule has 11 nitrogen and oxygen atoms in total. The zero-order valence-electron chi connectivity index (χ0n) is 20.0. The molecular formula is C26H25ClN4O7. The molecule has 5 rings (SSSR count). The van der Waals surface area contributed by atoms with Gasteiger partial charge >= 0.3 is 0 Å². The molecule has 12 heteroatoms. The minimum absolute atomic E-state index is 0.0711. The number of anilines is 1. The van der Waals surface area contributed by atoms with Crippen molar-refractivity contribution in [2.45, 2.75) is 43.7 Å². The first-order chi connectivity index (χ1) is 18.2. The van der Waals surface area contributed by atoms with Crippen LogP contribution in [0.1, 0.15) is 18.5 Å². The number of nitrogens with one attached hydrogen (secondary N) is 2. The van der Waals surface area contributed by atoms with E-state index in [2.05, 4.69) is 15.3 Å². The number of para-hydroxylation sites is 1. The lowest BCUT2D eigenvalue weighted by Crippen LogP contribution is -2.57. The number of halogens is 1. The predicted molar refractivity (Wildman–Crippen MR) is 137 cm³/mol. The van der Waals surface area contributed by atoms with Crippen molar-refractivity contribution >= 4 is 29.3 Å². The molecule has 1 fully saturated rings. The fourth-order valence-electron chi connectivity index (χ4n) is 4.63. The number of aliphatic hydroxyl groups excluding tert-OH is 4. The second-order valence-electron chi connectivity index (χ2n) is 9.02. The molecule has 0 aliphatic carbocycles. The van der Waals surface area contributed by atoms with Crippen LogP contribution in [0.4, 0.5) is 5.69 Å². The third-order valence-corrected chi connectivity index (χ3v) is 6.90. The van der Waals surface area contributed by atoms with E-state index in [0.717, 1.165) is 0 Å². The molecular weight excluding hydrogens is 516 g/mol. The van der Waals surface area contributed by atoms with Crippen LogP contribution in [-0.2, 0) is 9.53 Å². The highest BCUT2D eigenvalue weighted by molar-refractivity contribution is 6.31. The molecule has 1 aromatic heterocycles. The molecule has 6 unspecified atom stereocenters. The number of aromatic amines is 1. The molecule has 0 bridgehead atoms. The number of carbonyl (C=O) groups is 1. The normalized spacial score (nSPS) is 27.6. The van der Waals surface area contributed by atoms with Crippen LogP contribution in [0.2, 0.25) is 5.02 Å². The fraction of sp³-hybridized carbons (Fsp3) is 0.269. The Hall–Kier alpha value is -3.58. The summed E-state index contributed by atoms with van der Waals surface area (Å²) >= 11 is 6.53. The van der Waals surface area contributed by atoms with Crippen LogP contribution in [0.5, 0.6) is 0 Å². The van der Waals surface area contributed by atoms with E-state index in [1.54, 1.807) is 55.5 Å². The molecule has 0 spiro atoms. The van der Waals surface area contributed by atoms with Gasteiger partial charge in [0.15, 0.2) is 6.29 Å². The van der Waals surface area contributed by atoms with Gasteiger partial charge in [-0.25, -0.2) is 4.99 Å². The van der Waals surface area contributed by atoms with Crippen molar-refractivity contribution in [1.82, 2.24) is 9.55 Å². The summed E-state index contributed by atoms with van der Waals surface area (Å²) in [5, 5.41) is 43.1. The second-order valence-corrected chi connectivity index (χ2v) is 9.43. The summed E-state index contributed by atoms with van der Waals surface area (Å²) in [6.45, 7) is 1.64. The van der Waals surface area contributed by atoms with Crippen LogP contribution in [0.15, 0.2) is 75.7 Å². The monoisotopic (exact) mass is 540 g/mol. The molecule has 1 amide bonds. The number of aliphatic hydroxyl groups is 4. The number of nitrogens with zero attached hydrogens (tertiary/aromatic N) is 2. The van der Waals surface area contributed by atoms with Crippen LogP contribution in [-0.4, -0.2) is 66.6 Å². The second kappa shape index (κ2) is 10.3. The van der Waals surface area contributed by atoms with Crippen LogP contribution in [0.25, 0.3) is 6.08 Å². The Morgan fingerprint density at radius 3 is 2.45 bits per heavy atom. The van der Waals surface area contributed by atoms with Gasteiger partial charge in [-0.05, 0) is 36.8 Å². The molecule has 38 heavy (non-hydrogen) atoms. The molecule has 2 aliphatic heterocycles. The molecule has 6 atom stereocenters. The van der Waals surface area contributed by atoms with Crippen LogP contribution >= 0.6 is 11.6 Å². The highest BCUT2D eigenvalue weighted by atomic mass is 35.5. The van der Waals surface area contributed by atoms with E-state index in [0.29, 0.717) is 22.0 Å². The van der Waals surface area contributed by atoms with Gasteiger partial charge in [-0.15, -0.1) is 0 Å². The van der Waals surface area contributed by atoms with Gasteiger partial charge in [0, 0.05) is 10.7 Å². The SMILES string of the molecule is CC1=C(C(=O)Nc2ccccc2)C(c2ccccc2Cl)n2c([nH]/c(=C\C3OC(O)C(O)C(O)C3O)c2=O)=N1. The van der Waals surface area contributed by atoms with Gasteiger partial charge in [-0.1, -0.05) is 48.0 Å². The number of hydrogen-bond donors (Lipinski definition) is 6. The van der Waals surface area contributed by atoms with E-state index < -0.39 is 48.2 Å². The zero-order valence-corrected chi connectivity index (χ0v) is 20.8. The van der Waals surface area contributed by atoms with E-state index in [9.17, 15) is 30.0 Å². The number of aromatic nitrogens is 2. The van der Waals surface area contributed by atoms with Crippen LogP contribution in [0, 0.1) is 0 Å². The number of H-pyrrole nitrogens is 1. The van der Waals surface area contributed by atoms with Crippen molar-refractivity contribution in [2.75, 3.05) is 5.32 Å². The Bertz CT molecular complexity index is 1580. The van der Waals surface area contributed by atoms with Gasteiger partial charge in [0.05, 0.1) is 17.3 Å². The number of ether oxygens (including phenoxy) is 1. The Kier molecular flexibility index (Phi) is 7.05. The first kappa shape index (κ1) is 26.0. The van der Waals surface area contributed by atoms with Crippen molar-refractivity contribution in [3.05, 3.63) is 97.8 Å². The van der Waals surface area contributed by atoms with E-state index >= 15 is 0 Å². The van der Waals surface area contributed by atoms with Gasteiger partial charge in [0.1, 0.15) is 29.8 Å². The van der Waals surface area contributed by atoms with Crippen molar-refractivity contribution in [1.29, 1.82) is 0 Å². The summed E-state index contributed by atoms with van der Waals surface area (Å²) in [6, 6.07) is 14.7. The average Bonchev–Trinajstić information content (AvgIpc) is 3.20. The molecule has 6 N–H and O–H groups in total. The minimum Gasteiger partial charge on any atom is -0.387 e. The third kappa shape index (κ3) is 4.60. The first-order valence-electron chi connectivity index (χ1n) is 11.8. The number of allylic oxidation sites excluding steroid dienone is 1. The maximum absolute atomic E-state index is 13.7. The number of carbonyl (C=O) groups excluding carboxylic acids is 1. The van der Waals surface area contributed by atoms with E-state index in [4.69, 9.17) is 16.3 Å². The van der Waals surface area contributed by atoms with E-state index in [-0.39, 0.29) is 16.5 Å². The molecule has 1 saturated heterocycles. The topological polar surface area (TPSA) is 169 Å². The Balaban J connectivity index is 1.64. The van der Waals surface area contributed by atoms with Crippen molar-refractivity contribution < 1.29 is 30.0 Å². The molecule has 0 radical (unpaired) electrons. The molecule has 3 heterocycles. The molecule has 198 valence electrons. The third-order valence-electron chi connectivity index (χ3n) is 6.55. The standard InChI is InChI=1S/C26H25ClN4O7/c1-12-18(23(35)29-13-7-3-2-4-8-13)19(14-9-5-6-10-15(14)27)31-24(36)16(30-26(31)28-12)11-17-20(32)21(33)22(34)25(37)38-17/h2-11,17,19-22,25,32-34,37H,1H3,(H,28,30)(H,29,35)/b16-11-. The summed E-state index contributed by atoms with van der Waals surface area (Å²) in [5.41, 5.74) is 1.09. The van der Waals surface area contributed by atoms with Crippen molar-refractivity contribution in [3.63, 3.8) is 0 Å². The van der Waals surface area contributed by atoms with E-state index in [1.165, 1.54) is 10.6 Å². The van der Waals surface area contributed by atoms with Gasteiger partial charge in [-0.2, -0.15) is 0 Å². The minimum atomic E-state index is -1.78. The van der Waals surface area contributed by atoms with Crippen molar-refractivity contribution in [3.8, 4) is 0 Å². The maximum Gasteiger partial charge on any atom is 0.277 e. The Morgan fingerprint density at radius 2 is 1.74 bits per heavy atom. The van der Waals surface area contributed by atoms with Crippen LogP contribution in [0.3, 0.4) is 0 Å². The van der Waals surface area contributed by atoms with Gasteiger partial charge in [0.25, 0.3) is 11.5 Å². The molecule has 2 aliphatic rings. The predicted octanol–water partition coefficient (Wildman–Crippen LogP) is -0.455. The first-order valence-corrected chi connectivity index (χ1v) is 12.2.